The minimum Gasteiger partial charge on any atom is -0.376 e. The maximum Gasteiger partial charge on any atom is 0.0674 e. The summed E-state index contributed by atoms with van der Waals surface area (Å²) in [5, 5.41) is 3.79. The van der Waals surface area contributed by atoms with Gasteiger partial charge in [0.05, 0.1) is 12.7 Å². The monoisotopic (exact) mass is 296 g/mol. The molecule has 124 valence electrons. The van der Waals surface area contributed by atoms with Crippen LogP contribution in [0.15, 0.2) is 0 Å². The van der Waals surface area contributed by atoms with E-state index in [2.05, 4.69) is 44.8 Å². The number of rotatable bonds is 4. The highest BCUT2D eigenvalue weighted by Crippen LogP contribution is 2.38. The van der Waals surface area contributed by atoms with Gasteiger partial charge in [0.15, 0.2) is 0 Å². The van der Waals surface area contributed by atoms with Gasteiger partial charge in [0, 0.05) is 31.2 Å². The molecule has 3 heteroatoms. The van der Waals surface area contributed by atoms with E-state index in [0.717, 1.165) is 19.7 Å². The van der Waals surface area contributed by atoms with Crippen molar-refractivity contribution in [2.45, 2.75) is 84.4 Å². The summed E-state index contributed by atoms with van der Waals surface area (Å²) in [6.45, 7) is 15.8. The molecule has 1 saturated carbocycles. The van der Waals surface area contributed by atoms with Crippen LogP contribution in [-0.2, 0) is 4.74 Å². The van der Waals surface area contributed by atoms with Crippen LogP contribution in [-0.4, -0.2) is 48.8 Å². The lowest BCUT2D eigenvalue weighted by molar-refractivity contribution is -0.0673. The molecular weight excluding hydrogens is 260 g/mol. The van der Waals surface area contributed by atoms with E-state index in [9.17, 15) is 0 Å². The summed E-state index contributed by atoms with van der Waals surface area (Å²) < 4.78 is 5.80. The third-order valence-electron chi connectivity index (χ3n) is 5.18. The molecular formula is C18H36N2O. The molecule has 1 heterocycles. The number of morpholine rings is 1. The van der Waals surface area contributed by atoms with Crippen LogP contribution in [0.1, 0.15) is 66.7 Å². The summed E-state index contributed by atoms with van der Waals surface area (Å²) in [7, 11) is 0. The maximum absolute atomic E-state index is 5.80. The molecule has 0 spiro atoms. The van der Waals surface area contributed by atoms with Crippen molar-refractivity contribution in [2.24, 2.45) is 5.41 Å². The second-order valence-electron chi connectivity index (χ2n) is 8.59. The zero-order valence-electron chi connectivity index (χ0n) is 14.9. The van der Waals surface area contributed by atoms with Crippen LogP contribution in [0.2, 0.25) is 0 Å². The molecule has 1 aliphatic heterocycles. The van der Waals surface area contributed by atoms with Crippen molar-refractivity contribution in [2.75, 3.05) is 26.2 Å². The number of hydrogen-bond acceptors (Lipinski definition) is 3. The Morgan fingerprint density at radius 3 is 2.43 bits per heavy atom. The molecule has 0 bridgehead atoms. The lowest BCUT2D eigenvalue weighted by Crippen LogP contribution is -2.55. The van der Waals surface area contributed by atoms with Crippen LogP contribution in [0, 0.1) is 5.41 Å². The molecule has 2 fully saturated rings. The highest BCUT2D eigenvalue weighted by atomic mass is 16.5. The molecule has 0 aromatic heterocycles. The maximum atomic E-state index is 5.80. The van der Waals surface area contributed by atoms with E-state index in [-0.39, 0.29) is 5.54 Å². The lowest BCUT2D eigenvalue weighted by Gasteiger charge is -2.46. The molecule has 0 amide bonds. The van der Waals surface area contributed by atoms with E-state index in [4.69, 9.17) is 4.74 Å². The first-order chi connectivity index (χ1) is 9.80. The van der Waals surface area contributed by atoms with Gasteiger partial charge in [0.2, 0.25) is 0 Å². The van der Waals surface area contributed by atoms with E-state index < -0.39 is 0 Å². The Kier molecular flexibility index (Phi) is 5.72. The molecule has 21 heavy (non-hydrogen) atoms. The van der Waals surface area contributed by atoms with Crippen LogP contribution >= 0.6 is 0 Å². The third kappa shape index (κ3) is 5.22. The highest BCUT2D eigenvalue weighted by Gasteiger charge is 2.37. The Morgan fingerprint density at radius 1 is 1.14 bits per heavy atom. The average molecular weight is 296 g/mol. The standard InChI is InChI=1S/C18H36N2O/c1-15-12-21-16(2)11-20(15)14-18(9-7-6-8-10-18)13-19-17(3,4)5/h15-16,19H,6-14H2,1-5H3. The number of nitrogens with zero attached hydrogens (tertiary/aromatic N) is 1. The van der Waals surface area contributed by atoms with Crippen molar-refractivity contribution in [1.82, 2.24) is 10.2 Å². The zero-order valence-corrected chi connectivity index (χ0v) is 14.9. The van der Waals surface area contributed by atoms with Crippen molar-refractivity contribution >= 4 is 0 Å². The van der Waals surface area contributed by atoms with E-state index in [1.54, 1.807) is 0 Å². The van der Waals surface area contributed by atoms with E-state index in [1.165, 1.54) is 38.6 Å². The van der Waals surface area contributed by atoms with Gasteiger partial charge < -0.3 is 10.1 Å². The molecule has 0 aromatic carbocycles. The fraction of sp³-hybridized carbons (Fsp3) is 1.00. The molecule has 1 N–H and O–H groups in total. The quantitative estimate of drug-likeness (QED) is 0.860. The SMILES string of the molecule is CC1CN(CC2(CNC(C)(C)C)CCCCC2)C(C)CO1. The van der Waals surface area contributed by atoms with Gasteiger partial charge in [-0.1, -0.05) is 19.3 Å². The number of hydrogen-bond donors (Lipinski definition) is 1. The van der Waals surface area contributed by atoms with Crippen molar-refractivity contribution < 1.29 is 4.74 Å². The molecule has 3 nitrogen and oxygen atoms in total. The first kappa shape index (κ1) is 17.2. The third-order valence-corrected chi connectivity index (χ3v) is 5.18. The van der Waals surface area contributed by atoms with Gasteiger partial charge in [0.1, 0.15) is 0 Å². The van der Waals surface area contributed by atoms with E-state index in [0.29, 0.717) is 17.6 Å². The van der Waals surface area contributed by atoms with Crippen molar-refractivity contribution in [3.63, 3.8) is 0 Å². The van der Waals surface area contributed by atoms with Gasteiger partial charge in [-0.05, 0) is 52.9 Å². The second-order valence-corrected chi connectivity index (χ2v) is 8.59. The number of ether oxygens (including phenoxy) is 1. The first-order valence-corrected chi connectivity index (χ1v) is 8.90. The Hall–Kier alpha value is -0.120. The normalized spacial score (nSPS) is 31.3. The summed E-state index contributed by atoms with van der Waals surface area (Å²) >= 11 is 0. The van der Waals surface area contributed by atoms with Crippen molar-refractivity contribution in [3.05, 3.63) is 0 Å². The molecule has 1 saturated heterocycles. The molecule has 2 aliphatic rings. The predicted octanol–water partition coefficient (Wildman–Crippen LogP) is 3.43. The highest BCUT2D eigenvalue weighted by molar-refractivity contribution is 4.92. The van der Waals surface area contributed by atoms with Crippen molar-refractivity contribution in [3.8, 4) is 0 Å². The van der Waals surface area contributed by atoms with Crippen LogP contribution < -0.4 is 5.32 Å². The summed E-state index contributed by atoms with van der Waals surface area (Å²) in [6, 6.07) is 0.564. The zero-order chi connectivity index (χ0) is 15.5. The lowest BCUT2D eigenvalue weighted by atomic mass is 9.73. The number of nitrogens with one attached hydrogen (secondary N) is 1. The topological polar surface area (TPSA) is 24.5 Å². The van der Waals surface area contributed by atoms with Gasteiger partial charge in [0.25, 0.3) is 0 Å². The molecule has 0 radical (unpaired) electrons. The van der Waals surface area contributed by atoms with Gasteiger partial charge in [-0.15, -0.1) is 0 Å². The van der Waals surface area contributed by atoms with E-state index >= 15 is 0 Å². The summed E-state index contributed by atoms with van der Waals surface area (Å²) in [5.41, 5.74) is 0.686. The molecule has 1 aliphatic carbocycles. The molecule has 0 aromatic rings. The average Bonchev–Trinajstić information content (AvgIpc) is 2.41. The van der Waals surface area contributed by atoms with Crippen LogP contribution in [0.4, 0.5) is 0 Å². The van der Waals surface area contributed by atoms with E-state index in [1.807, 2.05) is 0 Å². The fourth-order valence-electron chi connectivity index (χ4n) is 3.77. The van der Waals surface area contributed by atoms with Crippen LogP contribution in [0.5, 0.6) is 0 Å². The largest absolute Gasteiger partial charge is 0.376 e. The minimum absolute atomic E-state index is 0.217. The van der Waals surface area contributed by atoms with Crippen LogP contribution in [0.25, 0.3) is 0 Å². The summed E-state index contributed by atoms with van der Waals surface area (Å²) in [5.74, 6) is 0. The van der Waals surface area contributed by atoms with Gasteiger partial charge in [-0.2, -0.15) is 0 Å². The Morgan fingerprint density at radius 2 is 1.81 bits per heavy atom. The Labute approximate surface area is 131 Å². The Bertz CT molecular complexity index is 318. The minimum atomic E-state index is 0.217. The van der Waals surface area contributed by atoms with Crippen LogP contribution in [0.3, 0.4) is 0 Å². The smallest absolute Gasteiger partial charge is 0.0674 e. The molecule has 2 unspecified atom stereocenters. The second kappa shape index (κ2) is 6.97. The van der Waals surface area contributed by atoms with Gasteiger partial charge >= 0.3 is 0 Å². The Balaban J connectivity index is 2.01. The van der Waals surface area contributed by atoms with Gasteiger partial charge in [-0.3, -0.25) is 4.90 Å². The first-order valence-electron chi connectivity index (χ1n) is 8.90. The van der Waals surface area contributed by atoms with Crippen molar-refractivity contribution in [1.29, 1.82) is 0 Å². The fourth-order valence-corrected chi connectivity index (χ4v) is 3.77. The van der Waals surface area contributed by atoms with Gasteiger partial charge in [-0.25, -0.2) is 0 Å². The summed E-state index contributed by atoms with van der Waals surface area (Å²) in [6.07, 6.45) is 7.38. The predicted molar refractivity (Wildman–Crippen MR) is 89.7 cm³/mol. The summed E-state index contributed by atoms with van der Waals surface area (Å²) in [4.78, 5) is 2.68. The molecule has 2 rings (SSSR count). The molecule has 2 atom stereocenters.